The molecular formula is C20H23N3O5. The monoisotopic (exact) mass is 385 g/mol. The van der Waals surface area contributed by atoms with Gasteiger partial charge in [-0.05, 0) is 35.2 Å². The van der Waals surface area contributed by atoms with Crippen molar-refractivity contribution in [3.63, 3.8) is 0 Å². The molecule has 4 atom stereocenters. The van der Waals surface area contributed by atoms with Crippen LogP contribution in [-0.4, -0.2) is 39.4 Å². The maximum atomic E-state index is 13.0. The second-order valence-corrected chi connectivity index (χ2v) is 6.94. The molecule has 0 radical (unpaired) electrons. The summed E-state index contributed by atoms with van der Waals surface area (Å²) in [6.45, 7) is 0. The van der Waals surface area contributed by atoms with E-state index in [-0.39, 0.29) is 12.2 Å². The van der Waals surface area contributed by atoms with Crippen molar-refractivity contribution in [3.05, 3.63) is 65.2 Å². The first kappa shape index (κ1) is 19.8. The molecular weight excluding hydrogens is 362 g/mol. The molecule has 1 aliphatic carbocycles. The Morgan fingerprint density at radius 1 is 1.14 bits per heavy atom. The van der Waals surface area contributed by atoms with Crippen LogP contribution in [0.1, 0.15) is 22.7 Å². The van der Waals surface area contributed by atoms with Crippen LogP contribution >= 0.6 is 0 Å². The molecule has 0 saturated carbocycles. The van der Waals surface area contributed by atoms with Crippen molar-refractivity contribution in [1.82, 2.24) is 10.8 Å². The highest BCUT2D eigenvalue weighted by Crippen LogP contribution is 2.31. The largest absolute Gasteiger partial charge is 0.508 e. The number of rotatable bonds is 6. The van der Waals surface area contributed by atoms with Gasteiger partial charge >= 0.3 is 0 Å². The lowest BCUT2D eigenvalue weighted by Crippen LogP contribution is -2.52. The van der Waals surface area contributed by atoms with E-state index in [0.717, 1.165) is 11.1 Å². The molecule has 28 heavy (non-hydrogen) atoms. The smallest absolute Gasteiger partial charge is 0.261 e. The maximum absolute atomic E-state index is 13.0. The number of aromatic hydroxyl groups is 1. The zero-order chi connectivity index (χ0) is 20.3. The number of phenolic OH excluding ortho intramolecular Hbond substituents is 1. The quantitative estimate of drug-likeness (QED) is 0.309. The molecule has 0 fully saturated rings. The zero-order valence-corrected chi connectivity index (χ0v) is 15.1. The van der Waals surface area contributed by atoms with Crippen molar-refractivity contribution in [3.8, 4) is 5.75 Å². The van der Waals surface area contributed by atoms with Crippen LogP contribution in [0.15, 0.2) is 48.5 Å². The minimum Gasteiger partial charge on any atom is -0.508 e. The molecule has 8 heteroatoms. The van der Waals surface area contributed by atoms with Gasteiger partial charge in [0.15, 0.2) is 0 Å². The van der Waals surface area contributed by atoms with Gasteiger partial charge in [-0.1, -0.05) is 36.4 Å². The lowest BCUT2D eigenvalue weighted by atomic mass is 9.90. The molecule has 0 aromatic heterocycles. The maximum Gasteiger partial charge on any atom is 0.261 e. The van der Waals surface area contributed by atoms with Gasteiger partial charge in [-0.2, -0.15) is 0 Å². The van der Waals surface area contributed by atoms with E-state index in [1.807, 2.05) is 24.3 Å². The number of benzene rings is 2. The van der Waals surface area contributed by atoms with Crippen LogP contribution < -0.4 is 16.5 Å². The average molecular weight is 385 g/mol. The predicted molar refractivity (Wildman–Crippen MR) is 100 cm³/mol. The van der Waals surface area contributed by atoms with E-state index in [2.05, 4.69) is 5.32 Å². The van der Waals surface area contributed by atoms with E-state index >= 15 is 0 Å². The Morgan fingerprint density at radius 3 is 2.61 bits per heavy atom. The molecule has 0 heterocycles. The van der Waals surface area contributed by atoms with E-state index in [1.165, 1.54) is 17.6 Å². The molecule has 148 valence electrons. The third-order valence-corrected chi connectivity index (χ3v) is 5.05. The van der Waals surface area contributed by atoms with E-state index in [1.54, 1.807) is 12.1 Å². The van der Waals surface area contributed by atoms with Gasteiger partial charge in [-0.15, -0.1) is 0 Å². The summed E-state index contributed by atoms with van der Waals surface area (Å²) in [4.78, 5) is 24.8. The number of carbonyl (C=O) groups is 2. The Kier molecular flexibility index (Phi) is 5.93. The molecule has 2 aromatic carbocycles. The van der Waals surface area contributed by atoms with Crippen LogP contribution in [0.4, 0.5) is 0 Å². The summed E-state index contributed by atoms with van der Waals surface area (Å²) in [6.07, 6.45) is -0.300. The summed E-state index contributed by atoms with van der Waals surface area (Å²) in [5, 5.41) is 31.7. The van der Waals surface area contributed by atoms with Crippen LogP contribution in [-0.2, 0) is 22.4 Å². The Morgan fingerprint density at radius 2 is 1.89 bits per heavy atom. The van der Waals surface area contributed by atoms with Gasteiger partial charge in [-0.25, -0.2) is 5.48 Å². The zero-order valence-electron chi connectivity index (χ0n) is 15.1. The molecule has 0 saturated heterocycles. The summed E-state index contributed by atoms with van der Waals surface area (Å²) >= 11 is 0. The number of aliphatic hydroxyl groups is 1. The normalized spacial score (nSPS) is 20.1. The fourth-order valence-corrected chi connectivity index (χ4v) is 3.59. The van der Waals surface area contributed by atoms with Crippen LogP contribution in [0.25, 0.3) is 0 Å². The topological polar surface area (TPSA) is 145 Å². The first-order valence-corrected chi connectivity index (χ1v) is 8.94. The molecule has 4 unspecified atom stereocenters. The number of hydrogen-bond acceptors (Lipinski definition) is 6. The Balaban J connectivity index is 1.83. The van der Waals surface area contributed by atoms with Gasteiger partial charge in [0, 0.05) is 6.42 Å². The molecule has 2 aromatic rings. The molecule has 0 aliphatic heterocycles. The van der Waals surface area contributed by atoms with Gasteiger partial charge in [0.1, 0.15) is 5.75 Å². The van der Waals surface area contributed by atoms with Crippen molar-refractivity contribution in [2.24, 2.45) is 11.7 Å². The van der Waals surface area contributed by atoms with Gasteiger partial charge in [-0.3, -0.25) is 14.8 Å². The lowest BCUT2D eigenvalue weighted by Gasteiger charge is -2.25. The molecule has 8 nitrogen and oxygen atoms in total. The van der Waals surface area contributed by atoms with Gasteiger partial charge in [0.25, 0.3) is 5.91 Å². The summed E-state index contributed by atoms with van der Waals surface area (Å²) in [5.41, 5.74) is 9.75. The SMILES string of the molecule is NC(C(=O)NO)C(Cc1cccc(O)c1)C(=O)NC1c2ccccc2CC1O. The van der Waals surface area contributed by atoms with Gasteiger partial charge in [0.2, 0.25) is 5.91 Å². The number of aliphatic hydroxyl groups excluding tert-OH is 1. The van der Waals surface area contributed by atoms with Gasteiger partial charge in [0.05, 0.1) is 24.1 Å². The first-order valence-electron chi connectivity index (χ1n) is 8.94. The van der Waals surface area contributed by atoms with Gasteiger partial charge < -0.3 is 21.3 Å². The highest BCUT2D eigenvalue weighted by molar-refractivity contribution is 5.90. The summed E-state index contributed by atoms with van der Waals surface area (Å²) in [7, 11) is 0. The fraction of sp³-hybridized carbons (Fsp3) is 0.300. The second kappa shape index (κ2) is 8.39. The van der Waals surface area contributed by atoms with Crippen LogP contribution in [0.3, 0.4) is 0 Å². The molecule has 7 N–H and O–H groups in total. The number of carbonyl (C=O) groups excluding carboxylic acids is 2. The number of phenols is 1. The molecule has 3 rings (SSSR count). The highest BCUT2D eigenvalue weighted by atomic mass is 16.5. The molecule has 0 bridgehead atoms. The highest BCUT2D eigenvalue weighted by Gasteiger charge is 2.36. The lowest BCUT2D eigenvalue weighted by molar-refractivity contribution is -0.137. The van der Waals surface area contributed by atoms with E-state index in [4.69, 9.17) is 10.9 Å². The third-order valence-electron chi connectivity index (χ3n) is 5.05. The molecule has 2 amide bonds. The standard InChI is InChI=1S/C20H23N3O5/c21-17(20(27)23-28)15(9-11-4-3-6-13(24)8-11)19(26)22-18-14-7-2-1-5-12(14)10-16(18)25/h1-8,15-18,24-25,28H,9-10,21H2,(H,22,26)(H,23,27). The minimum atomic E-state index is -1.32. The summed E-state index contributed by atoms with van der Waals surface area (Å²) < 4.78 is 0. The van der Waals surface area contributed by atoms with E-state index in [0.29, 0.717) is 12.0 Å². The minimum absolute atomic E-state index is 0.0250. The number of amides is 2. The van der Waals surface area contributed by atoms with Crippen LogP contribution in [0.2, 0.25) is 0 Å². The molecule has 1 aliphatic rings. The Bertz CT molecular complexity index is 872. The van der Waals surface area contributed by atoms with Crippen LogP contribution in [0.5, 0.6) is 5.75 Å². The number of fused-ring (bicyclic) bond motifs is 1. The number of nitrogens with two attached hydrogens (primary N) is 1. The first-order chi connectivity index (χ1) is 13.4. The second-order valence-electron chi connectivity index (χ2n) is 6.94. The Hall–Kier alpha value is -2.94. The van der Waals surface area contributed by atoms with Crippen molar-refractivity contribution in [2.45, 2.75) is 31.0 Å². The van der Waals surface area contributed by atoms with E-state index < -0.39 is 35.9 Å². The summed E-state index contributed by atoms with van der Waals surface area (Å²) in [6, 6.07) is 11.8. The average Bonchev–Trinajstić information content (AvgIpc) is 3.00. The van der Waals surface area contributed by atoms with Crippen molar-refractivity contribution in [1.29, 1.82) is 0 Å². The number of nitrogens with one attached hydrogen (secondary N) is 2. The number of hydroxylamine groups is 1. The third kappa shape index (κ3) is 4.14. The van der Waals surface area contributed by atoms with Crippen molar-refractivity contribution < 1.29 is 25.0 Å². The fourth-order valence-electron chi connectivity index (χ4n) is 3.59. The number of hydrogen-bond donors (Lipinski definition) is 6. The van der Waals surface area contributed by atoms with Crippen molar-refractivity contribution >= 4 is 11.8 Å². The van der Waals surface area contributed by atoms with Crippen LogP contribution in [0, 0.1) is 5.92 Å². The summed E-state index contributed by atoms with van der Waals surface area (Å²) in [5.74, 6) is -2.42. The predicted octanol–water partition coefficient (Wildman–Crippen LogP) is 0.158. The Labute approximate surface area is 162 Å². The molecule has 0 spiro atoms. The van der Waals surface area contributed by atoms with E-state index in [9.17, 15) is 19.8 Å². The van der Waals surface area contributed by atoms with Crippen molar-refractivity contribution in [2.75, 3.05) is 0 Å².